The van der Waals surface area contributed by atoms with Crippen molar-refractivity contribution in [3.05, 3.63) is 34.6 Å². The van der Waals surface area contributed by atoms with Crippen molar-refractivity contribution >= 4 is 22.4 Å². The highest BCUT2D eigenvalue weighted by molar-refractivity contribution is 7.15. The Hall–Kier alpha value is -2.02. The van der Waals surface area contributed by atoms with E-state index in [0.29, 0.717) is 17.5 Å². The average Bonchev–Trinajstić information content (AvgIpc) is 3.09. The summed E-state index contributed by atoms with van der Waals surface area (Å²) in [6.45, 7) is 0. The minimum atomic E-state index is -0.415. The second-order valence-electron chi connectivity index (χ2n) is 6.30. The molecule has 1 amide bonds. The van der Waals surface area contributed by atoms with Crippen molar-refractivity contribution in [3.63, 3.8) is 0 Å². The first-order chi connectivity index (χ1) is 12.2. The van der Waals surface area contributed by atoms with E-state index in [1.165, 1.54) is 43.8 Å². The molecule has 1 heterocycles. The first-order valence-corrected chi connectivity index (χ1v) is 9.43. The second kappa shape index (κ2) is 8.38. The van der Waals surface area contributed by atoms with Crippen molar-refractivity contribution in [2.45, 2.75) is 50.9 Å². The number of carbonyl (C=O) groups excluding carboxylic acids is 1. The van der Waals surface area contributed by atoms with E-state index in [1.807, 2.05) is 0 Å². The number of anilines is 1. The Balaban J connectivity index is 1.51. The van der Waals surface area contributed by atoms with E-state index in [1.54, 1.807) is 12.1 Å². The maximum Gasteiger partial charge on any atom is 0.226 e. The molecule has 1 fully saturated rings. The van der Waals surface area contributed by atoms with E-state index < -0.39 is 5.82 Å². The predicted octanol–water partition coefficient (Wildman–Crippen LogP) is 4.30. The molecule has 0 spiro atoms. The van der Waals surface area contributed by atoms with Gasteiger partial charge in [-0.2, -0.15) is 0 Å². The van der Waals surface area contributed by atoms with Crippen LogP contribution < -0.4 is 10.1 Å². The van der Waals surface area contributed by atoms with Crippen LogP contribution in [0.3, 0.4) is 0 Å². The van der Waals surface area contributed by atoms with Gasteiger partial charge in [-0.25, -0.2) is 4.39 Å². The number of amides is 1. The fourth-order valence-electron chi connectivity index (χ4n) is 3.10. The number of aryl methyl sites for hydroxylation is 1. The summed E-state index contributed by atoms with van der Waals surface area (Å²) in [6, 6.07) is 4.74. The van der Waals surface area contributed by atoms with Gasteiger partial charge in [-0.1, -0.05) is 36.7 Å². The van der Waals surface area contributed by atoms with E-state index in [2.05, 4.69) is 15.5 Å². The van der Waals surface area contributed by atoms with Gasteiger partial charge in [0.1, 0.15) is 5.01 Å². The summed E-state index contributed by atoms with van der Waals surface area (Å²) in [5.41, 5.74) is 0.758. The van der Waals surface area contributed by atoms with Gasteiger partial charge in [0.2, 0.25) is 11.0 Å². The largest absolute Gasteiger partial charge is 0.494 e. The minimum absolute atomic E-state index is 0.137. The van der Waals surface area contributed by atoms with Crippen molar-refractivity contribution in [2.24, 2.45) is 0 Å². The molecule has 0 bridgehead atoms. The number of ether oxygens (including phenoxy) is 1. The van der Waals surface area contributed by atoms with Gasteiger partial charge in [-0.3, -0.25) is 4.79 Å². The zero-order chi connectivity index (χ0) is 17.6. The first kappa shape index (κ1) is 17.8. The molecule has 1 aromatic heterocycles. The third-order valence-electron chi connectivity index (χ3n) is 4.50. The Morgan fingerprint density at radius 3 is 2.84 bits per heavy atom. The lowest BCUT2D eigenvalue weighted by Crippen LogP contribution is -2.12. The van der Waals surface area contributed by atoms with Crippen LogP contribution in [0.15, 0.2) is 18.2 Å². The Kier molecular flexibility index (Phi) is 5.96. The second-order valence-corrected chi connectivity index (χ2v) is 7.31. The average molecular weight is 363 g/mol. The van der Waals surface area contributed by atoms with Crippen molar-refractivity contribution < 1.29 is 13.9 Å². The SMILES string of the molecule is COc1ccc(CCC(=O)Nc2nnc(C3CCCCC3)s2)cc1F. The minimum Gasteiger partial charge on any atom is -0.494 e. The molecule has 1 N–H and O–H groups in total. The molecule has 25 heavy (non-hydrogen) atoms. The monoisotopic (exact) mass is 363 g/mol. The molecule has 0 aliphatic heterocycles. The van der Waals surface area contributed by atoms with Gasteiger partial charge < -0.3 is 10.1 Å². The lowest BCUT2D eigenvalue weighted by atomic mass is 9.90. The van der Waals surface area contributed by atoms with Crippen LogP contribution in [-0.2, 0) is 11.2 Å². The summed E-state index contributed by atoms with van der Waals surface area (Å²) in [5.74, 6) is 0.140. The fraction of sp³-hybridized carbons (Fsp3) is 0.500. The van der Waals surface area contributed by atoms with Gasteiger partial charge in [-0.05, 0) is 37.0 Å². The normalized spacial score (nSPS) is 15.1. The smallest absolute Gasteiger partial charge is 0.226 e. The summed E-state index contributed by atoms with van der Waals surface area (Å²) < 4.78 is 18.5. The number of hydrogen-bond donors (Lipinski definition) is 1. The highest BCUT2D eigenvalue weighted by Gasteiger charge is 2.20. The van der Waals surface area contributed by atoms with Gasteiger partial charge in [0.05, 0.1) is 7.11 Å². The third-order valence-corrected chi connectivity index (χ3v) is 5.50. The Bertz CT molecular complexity index is 729. The van der Waals surface area contributed by atoms with Crippen molar-refractivity contribution in [1.82, 2.24) is 10.2 Å². The predicted molar refractivity (Wildman–Crippen MR) is 95.6 cm³/mol. The lowest BCUT2D eigenvalue weighted by molar-refractivity contribution is -0.116. The number of nitrogens with zero attached hydrogens (tertiary/aromatic N) is 2. The lowest BCUT2D eigenvalue weighted by Gasteiger charge is -2.18. The number of nitrogens with one attached hydrogen (secondary N) is 1. The van der Waals surface area contributed by atoms with E-state index in [0.717, 1.165) is 23.4 Å². The van der Waals surface area contributed by atoms with Gasteiger partial charge in [0, 0.05) is 12.3 Å². The quantitative estimate of drug-likeness (QED) is 0.831. The zero-order valence-electron chi connectivity index (χ0n) is 14.3. The molecule has 1 aromatic carbocycles. The van der Waals surface area contributed by atoms with Gasteiger partial charge >= 0.3 is 0 Å². The standard InChI is InChI=1S/C18H22FN3O2S/c1-24-15-9-7-12(11-14(15)19)8-10-16(23)20-18-22-21-17(25-18)13-5-3-2-4-6-13/h7,9,11,13H,2-6,8,10H2,1H3,(H,20,22,23). The molecule has 1 aliphatic rings. The topological polar surface area (TPSA) is 64.1 Å². The van der Waals surface area contributed by atoms with Crippen molar-refractivity contribution in [3.8, 4) is 5.75 Å². The van der Waals surface area contributed by atoms with E-state index in [9.17, 15) is 9.18 Å². The summed E-state index contributed by atoms with van der Waals surface area (Å²) in [6.07, 6.45) is 6.82. The highest BCUT2D eigenvalue weighted by atomic mass is 32.1. The van der Waals surface area contributed by atoms with Crippen molar-refractivity contribution in [2.75, 3.05) is 12.4 Å². The number of rotatable bonds is 6. The Morgan fingerprint density at radius 1 is 1.32 bits per heavy atom. The molecule has 0 atom stereocenters. The molecular weight excluding hydrogens is 341 g/mol. The molecule has 1 aliphatic carbocycles. The molecule has 7 heteroatoms. The van der Waals surface area contributed by atoms with Crippen LogP contribution in [0.5, 0.6) is 5.75 Å². The summed E-state index contributed by atoms with van der Waals surface area (Å²) >= 11 is 1.47. The Labute approximate surface area is 150 Å². The van der Waals surface area contributed by atoms with Crippen molar-refractivity contribution in [1.29, 1.82) is 0 Å². The molecule has 0 saturated heterocycles. The van der Waals surface area contributed by atoms with Gasteiger partial charge in [0.25, 0.3) is 0 Å². The Morgan fingerprint density at radius 2 is 2.12 bits per heavy atom. The zero-order valence-corrected chi connectivity index (χ0v) is 15.1. The summed E-state index contributed by atoms with van der Waals surface area (Å²) in [4.78, 5) is 12.1. The van der Waals surface area contributed by atoms with Gasteiger partial charge in [-0.15, -0.1) is 10.2 Å². The van der Waals surface area contributed by atoms with Gasteiger partial charge in [0.15, 0.2) is 11.6 Å². The van der Waals surface area contributed by atoms with Crippen LogP contribution in [0, 0.1) is 5.82 Å². The highest BCUT2D eigenvalue weighted by Crippen LogP contribution is 2.35. The molecule has 0 unspecified atom stereocenters. The van der Waals surface area contributed by atoms with Crippen LogP contribution in [0.25, 0.3) is 0 Å². The number of benzene rings is 1. The number of halogens is 1. The van der Waals surface area contributed by atoms with Crippen LogP contribution in [0.2, 0.25) is 0 Å². The number of methoxy groups -OCH3 is 1. The number of carbonyl (C=O) groups is 1. The molecule has 3 rings (SSSR count). The molecule has 1 saturated carbocycles. The molecule has 5 nitrogen and oxygen atoms in total. The van der Waals surface area contributed by atoms with Crippen LogP contribution >= 0.6 is 11.3 Å². The first-order valence-electron chi connectivity index (χ1n) is 8.61. The fourth-order valence-corrected chi connectivity index (χ4v) is 4.03. The maximum absolute atomic E-state index is 13.7. The maximum atomic E-state index is 13.7. The third kappa shape index (κ3) is 4.75. The van der Waals surface area contributed by atoms with Crippen LogP contribution in [0.4, 0.5) is 9.52 Å². The van der Waals surface area contributed by atoms with Crippen LogP contribution in [-0.4, -0.2) is 23.2 Å². The molecule has 134 valence electrons. The van der Waals surface area contributed by atoms with Crippen LogP contribution in [0.1, 0.15) is 55.0 Å². The van der Waals surface area contributed by atoms with E-state index in [4.69, 9.17) is 4.74 Å². The molecular formula is C18H22FN3O2S. The van der Waals surface area contributed by atoms with E-state index in [-0.39, 0.29) is 18.1 Å². The van der Waals surface area contributed by atoms with E-state index >= 15 is 0 Å². The summed E-state index contributed by atoms with van der Waals surface area (Å²) in [5, 5.41) is 12.7. The summed E-state index contributed by atoms with van der Waals surface area (Å²) in [7, 11) is 1.43. The molecule has 0 radical (unpaired) electrons. The number of hydrogen-bond acceptors (Lipinski definition) is 5. The number of aromatic nitrogens is 2. The molecule has 2 aromatic rings.